The van der Waals surface area contributed by atoms with Crippen LogP contribution in [0.1, 0.15) is 12.5 Å². The van der Waals surface area contributed by atoms with Crippen molar-refractivity contribution in [3.05, 3.63) is 48.0 Å². The number of methoxy groups -OCH3 is 2. The van der Waals surface area contributed by atoms with Gasteiger partial charge in [0.1, 0.15) is 5.75 Å². The molecule has 1 amide bonds. The van der Waals surface area contributed by atoms with Crippen molar-refractivity contribution in [1.82, 2.24) is 20.2 Å². The first-order chi connectivity index (χ1) is 15.1. The number of hydrogen-bond acceptors (Lipinski definition) is 8. The predicted octanol–water partition coefficient (Wildman–Crippen LogP) is 2.93. The van der Waals surface area contributed by atoms with Gasteiger partial charge in [0.2, 0.25) is 0 Å². The lowest BCUT2D eigenvalue weighted by atomic mass is 10.2. The van der Waals surface area contributed by atoms with E-state index in [4.69, 9.17) is 9.47 Å². The first-order valence-corrected chi connectivity index (χ1v) is 10.4. The number of carbonyl (C=O) groups is 1. The van der Waals surface area contributed by atoms with Crippen LogP contribution in [0.25, 0.3) is 11.4 Å². The Labute approximate surface area is 184 Å². The molecule has 0 spiro atoms. The number of hydrazone groups is 1. The zero-order valence-electron chi connectivity index (χ0n) is 17.4. The number of rotatable bonds is 9. The predicted molar refractivity (Wildman–Crippen MR) is 119 cm³/mol. The van der Waals surface area contributed by atoms with Gasteiger partial charge in [-0.1, -0.05) is 23.9 Å². The molecule has 0 atom stereocenters. The molecule has 0 aliphatic carbocycles. The average Bonchev–Trinajstić information content (AvgIpc) is 3.21. The largest absolute Gasteiger partial charge is 0.507 e. The third-order valence-electron chi connectivity index (χ3n) is 4.34. The SMILES string of the molecule is CCn1c(SCC(=O)NN=Cc2ccccc2O)nnc1-c1ccc(OC)c(OC)c1. The number of carbonyl (C=O) groups excluding carboxylic acids is 1. The van der Waals surface area contributed by atoms with Crippen LogP contribution in [0.3, 0.4) is 0 Å². The maximum absolute atomic E-state index is 12.1. The molecule has 3 rings (SSSR count). The van der Waals surface area contributed by atoms with Gasteiger partial charge >= 0.3 is 0 Å². The highest BCUT2D eigenvalue weighted by Crippen LogP contribution is 2.32. The van der Waals surface area contributed by atoms with E-state index in [1.807, 2.05) is 29.7 Å². The van der Waals surface area contributed by atoms with Gasteiger partial charge in [-0.05, 0) is 37.3 Å². The van der Waals surface area contributed by atoms with Crippen LogP contribution in [-0.4, -0.2) is 52.0 Å². The van der Waals surface area contributed by atoms with Gasteiger partial charge in [0.05, 0.1) is 26.2 Å². The van der Waals surface area contributed by atoms with E-state index < -0.39 is 0 Å². The molecule has 1 heterocycles. The first-order valence-electron chi connectivity index (χ1n) is 9.45. The minimum atomic E-state index is -0.296. The van der Waals surface area contributed by atoms with E-state index in [1.54, 1.807) is 38.5 Å². The van der Waals surface area contributed by atoms with Crippen molar-refractivity contribution in [3.8, 4) is 28.6 Å². The highest BCUT2D eigenvalue weighted by atomic mass is 32.2. The van der Waals surface area contributed by atoms with Gasteiger partial charge in [0.15, 0.2) is 22.5 Å². The fourth-order valence-electron chi connectivity index (χ4n) is 2.80. The van der Waals surface area contributed by atoms with Crippen molar-refractivity contribution in [2.75, 3.05) is 20.0 Å². The van der Waals surface area contributed by atoms with Crippen LogP contribution in [0.4, 0.5) is 0 Å². The second-order valence-electron chi connectivity index (χ2n) is 6.26. The molecule has 2 N–H and O–H groups in total. The van der Waals surface area contributed by atoms with Crippen molar-refractivity contribution >= 4 is 23.9 Å². The van der Waals surface area contributed by atoms with Gasteiger partial charge in [-0.25, -0.2) is 5.43 Å². The third kappa shape index (κ3) is 5.34. The quantitative estimate of drug-likeness (QED) is 0.298. The Balaban J connectivity index is 1.66. The van der Waals surface area contributed by atoms with Crippen LogP contribution in [0.15, 0.2) is 52.7 Å². The number of ether oxygens (including phenoxy) is 2. The first kappa shape index (κ1) is 22.2. The summed E-state index contributed by atoms with van der Waals surface area (Å²) in [7, 11) is 3.16. The van der Waals surface area contributed by atoms with Gasteiger partial charge in [-0.3, -0.25) is 4.79 Å². The second kappa shape index (κ2) is 10.5. The topological polar surface area (TPSA) is 111 Å². The highest BCUT2D eigenvalue weighted by molar-refractivity contribution is 7.99. The molecule has 0 unspecified atom stereocenters. The summed E-state index contributed by atoms with van der Waals surface area (Å²) in [6.45, 7) is 2.61. The molecule has 9 nitrogen and oxygen atoms in total. The molecule has 0 aliphatic rings. The van der Waals surface area contributed by atoms with Crippen LogP contribution >= 0.6 is 11.8 Å². The van der Waals surface area contributed by atoms with Gasteiger partial charge in [-0.2, -0.15) is 5.10 Å². The van der Waals surface area contributed by atoms with E-state index in [9.17, 15) is 9.90 Å². The van der Waals surface area contributed by atoms with Crippen molar-refractivity contribution in [1.29, 1.82) is 0 Å². The summed E-state index contributed by atoms with van der Waals surface area (Å²) in [5, 5.41) is 22.7. The maximum atomic E-state index is 12.1. The van der Waals surface area contributed by atoms with Gasteiger partial charge in [-0.15, -0.1) is 10.2 Å². The molecule has 2 aromatic carbocycles. The number of phenolic OH excluding ortho intramolecular Hbond substituents is 1. The number of phenols is 1. The molecule has 0 saturated heterocycles. The minimum Gasteiger partial charge on any atom is -0.507 e. The van der Waals surface area contributed by atoms with Crippen LogP contribution in [0.2, 0.25) is 0 Å². The summed E-state index contributed by atoms with van der Waals surface area (Å²) < 4.78 is 12.6. The summed E-state index contributed by atoms with van der Waals surface area (Å²) in [5.41, 5.74) is 3.79. The van der Waals surface area contributed by atoms with Crippen molar-refractivity contribution in [2.45, 2.75) is 18.6 Å². The van der Waals surface area contributed by atoms with Gasteiger partial charge < -0.3 is 19.1 Å². The number of aromatic hydroxyl groups is 1. The Morgan fingerprint density at radius 3 is 2.68 bits per heavy atom. The summed E-state index contributed by atoms with van der Waals surface area (Å²) in [6, 6.07) is 12.3. The molecule has 0 radical (unpaired) electrons. The Morgan fingerprint density at radius 2 is 1.97 bits per heavy atom. The van der Waals surface area contributed by atoms with Gasteiger partial charge in [0.25, 0.3) is 5.91 Å². The van der Waals surface area contributed by atoms with Crippen molar-refractivity contribution < 1.29 is 19.4 Å². The molecule has 31 heavy (non-hydrogen) atoms. The third-order valence-corrected chi connectivity index (χ3v) is 5.30. The Kier molecular flexibility index (Phi) is 7.50. The molecule has 162 valence electrons. The van der Waals surface area contributed by atoms with Crippen LogP contribution in [-0.2, 0) is 11.3 Å². The molecular weight excluding hydrogens is 418 g/mol. The number of aromatic nitrogens is 3. The molecule has 0 fully saturated rings. The monoisotopic (exact) mass is 441 g/mol. The summed E-state index contributed by atoms with van der Waals surface area (Å²) in [6.07, 6.45) is 1.39. The number of thioether (sulfide) groups is 1. The second-order valence-corrected chi connectivity index (χ2v) is 7.20. The normalized spacial score (nSPS) is 10.9. The Hall–Kier alpha value is -3.53. The lowest BCUT2D eigenvalue weighted by Crippen LogP contribution is -2.20. The van der Waals surface area contributed by atoms with Crippen molar-refractivity contribution in [3.63, 3.8) is 0 Å². The molecular formula is C21H23N5O4S. The Morgan fingerprint density at radius 1 is 1.19 bits per heavy atom. The number of amides is 1. The van der Waals surface area contributed by atoms with Gasteiger partial charge in [0, 0.05) is 17.7 Å². The maximum Gasteiger partial charge on any atom is 0.250 e. The van der Waals surface area contributed by atoms with Crippen LogP contribution in [0.5, 0.6) is 17.2 Å². The number of para-hydroxylation sites is 1. The van der Waals surface area contributed by atoms with E-state index in [-0.39, 0.29) is 17.4 Å². The number of benzene rings is 2. The molecule has 10 heteroatoms. The average molecular weight is 442 g/mol. The number of nitrogens with zero attached hydrogens (tertiary/aromatic N) is 4. The standard InChI is InChI=1S/C21H23N5O4S/c1-4-26-20(14-9-10-17(29-2)18(11-14)30-3)24-25-21(26)31-13-19(28)23-22-12-15-7-5-6-8-16(15)27/h5-12,27H,4,13H2,1-3H3,(H,23,28). The molecule has 0 aliphatic heterocycles. The summed E-state index contributed by atoms with van der Waals surface area (Å²) in [4.78, 5) is 12.1. The van der Waals surface area contributed by atoms with Crippen molar-refractivity contribution in [2.24, 2.45) is 5.10 Å². The van der Waals surface area contributed by atoms with E-state index in [0.29, 0.717) is 34.6 Å². The van der Waals surface area contributed by atoms with Crippen LogP contribution in [0, 0.1) is 0 Å². The zero-order chi connectivity index (χ0) is 22.2. The molecule has 0 bridgehead atoms. The summed E-state index contributed by atoms with van der Waals surface area (Å²) >= 11 is 1.26. The van der Waals surface area contributed by atoms with E-state index in [1.165, 1.54) is 18.0 Å². The fourth-order valence-corrected chi connectivity index (χ4v) is 3.60. The molecule has 1 aromatic heterocycles. The van der Waals surface area contributed by atoms with E-state index in [0.717, 1.165) is 5.56 Å². The molecule has 0 saturated carbocycles. The number of hydrogen-bond donors (Lipinski definition) is 2. The zero-order valence-corrected chi connectivity index (χ0v) is 18.2. The fraction of sp³-hybridized carbons (Fsp3) is 0.238. The van der Waals surface area contributed by atoms with E-state index >= 15 is 0 Å². The lowest BCUT2D eigenvalue weighted by molar-refractivity contribution is -0.118. The van der Waals surface area contributed by atoms with E-state index in [2.05, 4.69) is 20.7 Å². The molecule has 3 aromatic rings. The highest BCUT2D eigenvalue weighted by Gasteiger charge is 2.16. The summed E-state index contributed by atoms with van der Waals surface area (Å²) in [5.74, 6) is 1.81. The smallest absolute Gasteiger partial charge is 0.250 e. The Bertz CT molecular complexity index is 1080. The lowest BCUT2D eigenvalue weighted by Gasteiger charge is -2.10. The van der Waals surface area contributed by atoms with Crippen LogP contribution < -0.4 is 14.9 Å². The minimum absolute atomic E-state index is 0.0913. The number of nitrogens with one attached hydrogen (secondary N) is 1.